The van der Waals surface area contributed by atoms with Gasteiger partial charge in [0.05, 0.1) is 12.5 Å². The number of halogens is 1. The van der Waals surface area contributed by atoms with Crippen LogP contribution in [0.25, 0.3) is 0 Å². The summed E-state index contributed by atoms with van der Waals surface area (Å²) in [7, 11) is 1.29. The molecule has 21 heavy (non-hydrogen) atoms. The fourth-order valence-electron chi connectivity index (χ4n) is 2.31. The summed E-state index contributed by atoms with van der Waals surface area (Å²) in [6.07, 6.45) is 0.436. The molecule has 0 saturated heterocycles. The van der Waals surface area contributed by atoms with Gasteiger partial charge in [-0.2, -0.15) is 0 Å². The van der Waals surface area contributed by atoms with Crippen molar-refractivity contribution in [2.75, 3.05) is 7.11 Å². The third kappa shape index (κ3) is 3.56. The van der Waals surface area contributed by atoms with Crippen molar-refractivity contribution in [3.05, 3.63) is 64.7 Å². The van der Waals surface area contributed by atoms with Crippen LogP contribution in [0.4, 0.5) is 0 Å². The summed E-state index contributed by atoms with van der Waals surface area (Å²) in [6.45, 7) is 1.86. The molecule has 0 aromatic heterocycles. The van der Waals surface area contributed by atoms with E-state index in [9.17, 15) is 9.90 Å². The fraction of sp³-hybridized carbons (Fsp3) is 0.235. The first-order chi connectivity index (χ1) is 10.0. The van der Waals surface area contributed by atoms with E-state index in [1.54, 1.807) is 6.07 Å². The monoisotopic (exact) mass is 304 g/mol. The van der Waals surface area contributed by atoms with Crippen LogP contribution < -0.4 is 0 Å². The first-order valence-corrected chi connectivity index (χ1v) is 7.06. The first-order valence-electron chi connectivity index (χ1n) is 6.62. The number of phenolic OH excluding ortho intramolecular Hbond substituents is 1. The van der Waals surface area contributed by atoms with Crippen LogP contribution in [0.3, 0.4) is 0 Å². The van der Waals surface area contributed by atoms with Crippen molar-refractivity contribution in [1.82, 2.24) is 0 Å². The van der Waals surface area contributed by atoms with Gasteiger partial charge in [0.2, 0.25) is 0 Å². The summed E-state index contributed by atoms with van der Waals surface area (Å²) in [5, 5.41) is 9.73. The molecule has 2 aromatic carbocycles. The molecule has 0 spiro atoms. The Labute approximate surface area is 129 Å². The second-order valence-electron chi connectivity index (χ2n) is 4.89. The number of benzene rings is 2. The predicted octanol–water partition coefficient (Wildman–Crippen LogP) is 4.01. The third-order valence-electron chi connectivity index (χ3n) is 3.29. The number of phenols is 1. The Morgan fingerprint density at radius 2 is 1.95 bits per heavy atom. The Balaban J connectivity index is 2.37. The lowest BCUT2D eigenvalue weighted by Gasteiger charge is -2.15. The largest absolute Gasteiger partial charge is 0.507 e. The van der Waals surface area contributed by atoms with Crippen LogP contribution in [0, 0.1) is 6.92 Å². The summed E-state index contributed by atoms with van der Waals surface area (Å²) < 4.78 is 4.74. The lowest BCUT2D eigenvalue weighted by molar-refractivity contribution is 0.0596. The zero-order valence-corrected chi connectivity index (χ0v) is 12.7. The van der Waals surface area contributed by atoms with Crippen LogP contribution in [0.2, 0.25) is 0 Å². The highest BCUT2D eigenvalue weighted by Gasteiger charge is 2.20. The maximum atomic E-state index is 11.9. The van der Waals surface area contributed by atoms with E-state index in [-0.39, 0.29) is 16.7 Å². The first kappa shape index (κ1) is 15.4. The second kappa shape index (κ2) is 6.64. The number of carbonyl (C=O) groups is 1. The Morgan fingerprint density at radius 3 is 2.57 bits per heavy atom. The zero-order valence-electron chi connectivity index (χ0n) is 12.0. The van der Waals surface area contributed by atoms with Crippen LogP contribution in [0.1, 0.15) is 32.4 Å². The minimum absolute atomic E-state index is 0.0752. The fourth-order valence-corrected chi connectivity index (χ4v) is 2.62. The normalized spacial score (nSPS) is 12.0. The Hall–Kier alpha value is -2.00. The number of carbonyl (C=O) groups excluding carboxylic acids is 1. The SMILES string of the molecule is COC(=O)c1c(O)cc(C)cc1CC(Cl)c1ccccc1. The van der Waals surface area contributed by atoms with Gasteiger partial charge < -0.3 is 9.84 Å². The van der Waals surface area contributed by atoms with Gasteiger partial charge in [0.1, 0.15) is 11.3 Å². The van der Waals surface area contributed by atoms with Gasteiger partial charge in [-0.25, -0.2) is 4.79 Å². The summed E-state index contributed by atoms with van der Waals surface area (Å²) in [4.78, 5) is 11.9. The van der Waals surface area contributed by atoms with Crippen molar-refractivity contribution >= 4 is 17.6 Å². The summed E-state index contributed by atoms with van der Waals surface area (Å²) in [5.74, 6) is -0.631. The van der Waals surface area contributed by atoms with Gasteiger partial charge in [0, 0.05) is 0 Å². The van der Waals surface area contributed by atoms with E-state index in [0.717, 1.165) is 11.1 Å². The van der Waals surface area contributed by atoms with Crippen LogP contribution in [-0.2, 0) is 11.2 Å². The lowest BCUT2D eigenvalue weighted by Crippen LogP contribution is -2.08. The molecule has 2 rings (SSSR count). The van der Waals surface area contributed by atoms with Gasteiger partial charge in [0.15, 0.2) is 0 Å². The number of esters is 1. The molecule has 0 saturated carbocycles. The second-order valence-corrected chi connectivity index (χ2v) is 5.42. The molecular weight excluding hydrogens is 288 g/mol. The van der Waals surface area contributed by atoms with Gasteiger partial charge in [-0.3, -0.25) is 0 Å². The molecule has 1 atom stereocenters. The van der Waals surface area contributed by atoms with E-state index < -0.39 is 5.97 Å². The number of aryl methyl sites for hydroxylation is 1. The predicted molar refractivity (Wildman–Crippen MR) is 82.9 cm³/mol. The molecule has 0 amide bonds. The van der Waals surface area contributed by atoms with Gasteiger partial charge in [-0.1, -0.05) is 36.4 Å². The van der Waals surface area contributed by atoms with E-state index >= 15 is 0 Å². The molecule has 1 unspecified atom stereocenters. The lowest BCUT2D eigenvalue weighted by atomic mass is 9.96. The average molecular weight is 305 g/mol. The summed E-state index contributed by atoms with van der Waals surface area (Å²) >= 11 is 6.43. The molecule has 4 heteroatoms. The van der Waals surface area contributed by atoms with Crippen LogP contribution in [0.15, 0.2) is 42.5 Å². The van der Waals surface area contributed by atoms with Crippen molar-refractivity contribution in [1.29, 1.82) is 0 Å². The van der Waals surface area contributed by atoms with E-state index in [4.69, 9.17) is 16.3 Å². The number of rotatable bonds is 4. The number of alkyl halides is 1. The molecule has 0 radical (unpaired) electrons. The smallest absolute Gasteiger partial charge is 0.341 e. The summed E-state index contributed by atoms with van der Waals surface area (Å²) in [6, 6.07) is 13.0. The van der Waals surface area contributed by atoms with Crippen molar-refractivity contribution in [3.63, 3.8) is 0 Å². The maximum Gasteiger partial charge on any atom is 0.341 e. The molecule has 3 nitrogen and oxygen atoms in total. The standard InChI is InChI=1S/C17H17ClO3/c1-11-8-13(16(15(19)9-11)17(20)21-2)10-14(18)12-6-4-3-5-7-12/h3-9,14,19H,10H2,1-2H3. The topological polar surface area (TPSA) is 46.5 Å². The van der Waals surface area contributed by atoms with E-state index in [1.807, 2.05) is 43.3 Å². The van der Waals surface area contributed by atoms with Crippen molar-refractivity contribution in [2.45, 2.75) is 18.7 Å². The van der Waals surface area contributed by atoms with E-state index in [0.29, 0.717) is 12.0 Å². The van der Waals surface area contributed by atoms with Crippen molar-refractivity contribution in [3.8, 4) is 5.75 Å². The van der Waals surface area contributed by atoms with E-state index in [1.165, 1.54) is 7.11 Å². The molecule has 0 aliphatic rings. The van der Waals surface area contributed by atoms with Crippen molar-refractivity contribution in [2.24, 2.45) is 0 Å². The summed E-state index contributed by atoms with van der Waals surface area (Å²) in [5.41, 5.74) is 2.70. The van der Waals surface area contributed by atoms with Gasteiger partial charge in [-0.15, -0.1) is 11.6 Å². The Bertz CT molecular complexity index is 638. The van der Waals surface area contributed by atoms with E-state index in [2.05, 4.69) is 0 Å². The quantitative estimate of drug-likeness (QED) is 0.686. The molecule has 0 fully saturated rings. The zero-order chi connectivity index (χ0) is 15.4. The third-order valence-corrected chi connectivity index (χ3v) is 3.70. The molecule has 2 aromatic rings. The average Bonchev–Trinajstić information content (AvgIpc) is 2.47. The molecule has 1 N–H and O–H groups in total. The minimum Gasteiger partial charge on any atom is -0.507 e. The highest BCUT2D eigenvalue weighted by atomic mass is 35.5. The minimum atomic E-state index is -0.556. The van der Waals surface area contributed by atoms with Crippen LogP contribution >= 0.6 is 11.6 Å². The highest BCUT2D eigenvalue weighted by Crippen LogP contribution is 2.31. The number of methoxy groups -OCH3 is 1. The van der Waals surface area contributed by atoms with Crippen molar-refractivity contribution < 1.29 is 14.6 Å². The number of ether oxygens (including phenoxy) is 1. The number of hydrogen-bond acceptors (Lipinski definition) is 3. The van der Waals surface area contributed by atoms with Gasteiger partial charge in [-0.05, 0) is 36.1 Å². The highest BCUT2D eigenvalue weighted by molar-refractivity contribution is 6.21. The molecule has 0 aliphatic carbocycles. The van der Waals surface area contributed by atoms with Crippen LogP contribution in [-0.4, -0.2) is 18.2 Å². The van der Waals surface area contributed by atoms with Gasteiger partial charge >= 0.3 is 5.97 Å². The number of aromatic hydroxyl groups is 1. The van der Waals surface area contributed by atoms with Crippen LogP contribution in [0.5, 0.6) is 5.75 Å². The molecule has 0 bridgehead atoms. The molecule has 0 heterocycles. The number of hydrogen-bond donors (Lipinski definition) is 1. The Kier molecular flexibility index (Phi) is 4.86. The maximum absolute atomic E-state index is 11.9. The molecular formula is C17H17ClO3. The Morgan fingerprint density at radius 1 is 1.29 bits per heavy atom. The molecule has 0 aliphatic heterocycles. The molecule has 110 valence electrons. The van der Waals surface area contributed by atoms with Gasteiger partial charge in [0.25, 0.3) is 0 Å².